The number of aromatic nitrogens is 2. The van der Waals surface area contributed by atoms with Crippen molar-refractivity contribution in [3.63, 3.8) is 0 Å². The zero-order chi connectivity index (χ0) is 16.8. The molecule has 2 aliphatic heterocycles. The van der Waals surface area contributed by atoms with Gasteiger partial charge in [0.05, 0.1) is 23.1 Å². The second-order valence-corrected chi connectivity index (χ2v) is 7.64. The summed E-state index contributed by atoms with van der Waals surface area (Å²) < 4.78 is 1.98. The van der Waals surface area contributed by atoms with Gasteiger partial charge in [0.1, 0.15) is 0 Å². The predicted molar refractivity (Wildman–Crippen MR) is 103 cm³/mol. The minimum atomic E-state index is 0. The summed E-state index contributed by atoms with van der Waals surface area (Å²) in [6.07, 6.45) is 7.61. The smallest absolute Gasteiger partial charge is 0.257 e. The Labute approximate surface area is 160 Å². The van der Waals surface area contributed by atoms with Crippen molar-refractivity contribution in [2.45, 2.75) is 50.1 Å². The lowest BCUT2D eigenvalue weighted by Gasteiger charge is -2.24. The molecule has 2 unspecified atom stereocenters. The van der Waals surface area contributed by atoms with Crippen molar-refractivity contribution in [3.8, 4) is 5.69 Å². The van der Waals surface area contributed by atoms with Crippen molar-refractivity contribution in [2.24, 2.45) is 0 Å². The molecule has 1 aromatic carbocycles. The molecule has 5 rings (SSSR count). The van der Waals surface area contributed by atoms with Gasteiger partial charge in [-0.3, -0.25) is 4.79 Å². The van der Waals surface area contributed by atoms with Crippen molar-refractivity contribution in [2.75, 3.05) is 13.1 Å². The molecular formula is C20H25ClN4O. The largest absolute Gasteiger partial charge is 0.337 e. The number of para-hydroxylation sites is 1. The minimum absolute atomic E-state index is 0. The number of nitrogens with one attached hydrogen (secondary N) is 1. The van der Waals surface area contributed by atoms with Gasteiger partial charge in [0.25, 0.3) is 5.91 Å². The monoisotopic (exact) mass is 372 g/mol. The van der Waals surface area contributed by atoms with Crippen LogP contribution >= 0.6 is 12.4 Å². The average Bonchev–Trinajstić information content (AvgIpc) is 3.27. The van der Waals surface area contributed by atoms with Gasteiger partial charge in [0.15, 0.2) is 0 Å². The number of fused-ring (bicyclic) bond motifs is 2. The zero-order valence-electron chi connectivity index (χ0n) is 14.8. The summed E-state index contributed by atoms with van der Waals surface area (Å²) >= 11 is 0. The fourth-order valence-electron chi connectivity index (χ4n) is 4.35. The maximum atomic E-state index is 13.3. The average molecular weight is 373 g/mol. The molecule has 3 aliphatic rings. The number of carbonyl (C=O) groups excluding carboxylic acids is 1. The Balaban J connectivity index is 0.00000168. The molecule has 26 heavy (non-hydrogen) atoms. The van der Waals surface area contributed by atoms with E-state index in [-0.39, 0.29) is 18.3 Å². The molecule has 0 spiro atoms. The predicted octanol–water partition coefficient (Wildman–Crippen LogP) is 3.14. The molecular weight excluding hydrogens is 348 g/mol. The third-order valence-electron chi connectivity index (χ3n) is 5.81. The molecule has 1 aliphatic carbocycles. The molecule has 1 N–H and O–H groups in total. The highest BCUT2D eigenvalue weighted by Gasteiger charge is 2.36. The molecule has 1 aromatic heterocycles. The summed E-state index contributed by atoms with van der Waals surface area (Å²) in [7, 11) is 0. The first-order valence-corrected chi connectivity index (χ1v) is 9.48. The summed E-state index contributed by atoms with van der Waals surface area (Å²) in [5.41, 5.74) is 2.96. The van der Waals surface area contributed by atoms with E-state index in [4.69, 9.17) is 0 Å². The second kappa shape index (κ2) is 7.05. The maximum Gasteiger partial charge on any atom is 0.257 e. The molecule has 3 heterocycles. The third kappa shape index (κ3) is 3.14. The third-order valence-corrected chi connectivity index (χ3v) is 5.81. The van der Waals surface area contributed by atoms with Crippen LogP contribution in [0.3, 0.4) is 0 Å². The Morgan fingerprint density at radius 1 is 1.04 bits per heavy atom. The Bertz CT molecular complexity index is 786. The molecule has 2 atom stereocenters. The summed E-state index contributed by atoms with van der Waals surface area (Å²) in [5, 5.41) is 8.24. The Hall–Kier alpha value is -1.85. The van der Waals surface area contributed by atoms with Crippen LogP contribution in [0.15, 0.2) is 36.5 Å². The van der Waals surface area contributed by atoms with Gasteiger partial charge >= 0.3 is 0 Å². The van der Waals surface area contributed by atoms with E-state index < -0.39 is 0 Å². The number of hydrogen-bond donors (Lipinski definition) is 1. The van der Waals surface area contributed by atoms with Gasteiger partial charge < -0.3 is 10.2 Å². The Morgan fingerprint density at radius 3 is 2.58 bits per heavy atom. The van der Waals surface area contributed by atoms with Crippen molar-refractivity contribution >= 4 is 18.3 Å². The van der Waals surface area contributed by atoms with Gasteiger partial charge in [0, 0.05) is 31.1 Å². The first-order valence-electron chi connectivity index (χ1n) is 9.48. The number of halogens is 1. The lowest BCUT2D eigenvalue weighted by molar-refractivity contribution is 0.0747. The highest BCUT2D eigenvalue weighted by molar-refractivity contribution is 5.95. The van der Waals surface area contributed by atoms with Gasteiger partial charge in [-0.15, -0.1) is 12.4 Å². The van der Waals surface area contributed by atoms with E-state index in [0.717, 1.165) is 49.3 Å². The van der Waals surface area contributed by atoms with Crippen LogP contribution in [0.4, 0.5) is 0 Å². The molecule has 1 amide bonds. The quantitative estimate of drug-likeness (QED) is 0.900. The van der Waals surface area contributed by atoms with Gasteiger partial charge in [0.2, 0.25) is 0 Å². The molecule has 138 valence electrons. The van der Waals surface area contributed by atoms with E-state index in [1.54, 1.807) is 6.20 Å². The number of carbonyl (C=O) groups is 1. The van der Waals surface area contributed by atoms with Crippen molar-refractivity contribution in [1.82, 2.24) is 20.0 Å². The molecule has 2 aromatic rings. The van der Waals surface area contributed by atoms with E-state index in [2.05, 4.69) is 27.4 Å². The number of benzene rings is 1. The van der Waals surface area contributed by atoms with Crippen molar-refractivity contribution < 1.29 is 4.79 Å². The van der Waals surface area contributed by atoms with E-state index in [0.29, 0.717) is 18.0 Å². The molecule has 3 fully saturated rings. The first-order chi connectivity index (χ1) is 12.3. The van der Waals surface area contributed by atoms with Crippen LogP contribution in [0.1, 0.15) is 54.1 Å². The van der Waals surface area contributed by atoms with Crippen LogP contribution < -0.4 is 5.32 Å². The summed E-state index contributed by atoms with van der Waals surface area (Å²) in [5.74, 6) is 0.640. The topological polar surface area (TPSA) is 50.2 Å². The fraction of sp³-hybridized carbons (Fsp3) is 0.500. The molecule has 6 heteroatoms. The number of rotatable bonds is 3. The van der Waals surface area contributed by atoms with Crippen LogP contribution in [0.5, 0.6) is 0 Å². The molecule has 0 radical (unpaired) electrons. The number of nitrogens with zero attached hydrogens (tertiary/aromatic N) is 3. The standard InChI is InChI=1S/C20H24N4O.ClH/c25-20(23-11-10-15-8-9-16(13-23)22-15)18-12-21-24(19(18)14-6-7-14)17-4-2-1-3-5-17;/h1-5,12,14-16,22H,6-11,13H2;1H. The van der Waals surface area contributed by atoms with E-state index >= 15 is 0 Å². The summed E-state index contributed by atoms with van der Waals surface area (Å²) in [6, 6.07) is 11.2. The molecule has 2 bridgehead atoms. The van der Waals surface area contributed by atoms with Crippen LogP contribution in [0.25, 0.3) is 5.69 Å². The zero-order valence-corrected chi connectivity index (χ0v) is 15.6. The van der Waals surface area contributed by atoms with Crippen molar-refractivity contribution in [3.05, 3.63) is 47.8 Å². The lowest BCUT2D eigenvalue weighted by atomic mass is 10.1. The van der Waals surface area contributed by atoms with Crippen LogP contribution in [-0.4, -0.2) is 45.8 Å². The van der Waals surface area contributed by atoms with Crippen molar-refractivity contribution in [1.29, 1.82) is 0 Å². The van der Waals surface area contributed by atoms with Gasteiger partial charge in [-0.2, -0.15) is 5.10 Å². The SMILES string of the molecule is Cl.O=C(c1cnn(-c2ccccc2)c1C1CC1)N1CCC2CCC(C1)N2. The molecule has 5 nitrogen and oxygen atoms in total. The first kappa shape index (κ1) is 17.6. The highest BCUT2D eigenvalue weighted by atomic mass is 35.5. The lowest BCUT2D eigenvalue weighted by Crippen LogP contribution is -2.39. The second-order valence-electron chi connectivity index (χ2n) is 7.64. The fourth-order valence-corrected chi connectivity index (χ4v) is 4.35. The normalized spacial score (nSPS) is 24.8. The number of amides is 1. The van der Waals surface area contributed by atoms with Crippen LogP contribution in [0, 0.1) is 0 Å². The Kier molecular flexibility index (Phi) is 4.76. The Morgan fingerprint density at radius 2 is 1.81 bits per heavy atom. The molecule has 1 saturated carbocycles. The van der Waals surface area contributed by atoms with E-state index in [1.807, 2.05) is 22.9 Å². The number of likely N-dealkylation sites (tertiary alicyclic amines) is 1. The summed E-state index contributed by atoms with van der Waals surface area (Å²) in [4.78, 5) is 15.3. The van der Waals surface area contributed by atoms with Gasteiger partial charge in [-0.05, 0) is 44.2 Å². The number of hydrogen-bond acceptors (Lipinski definition) is 3. The molecule has 2 saturated heterocycles. The van der Waals surface area contributed by atoms with E-state index in [9.17, 15) is 4.79 Å². The van der Waals surface area contributed by atoms with Gasteiger partial charge in [-0.1, -0.05) is 18.2 Å². The van der Waals surface area contributed by atoms with E-state index in [1.165, 1.54) is 12.8 Å². The highest BCUT2D eigenvalue weighted by Crippen LogP contribution is 2.42. The van der Waals surface area contributed by atoms with Crippen LogP contribution in [0.2, 0.25) is 0 Å². The maximum absolute atomic E-state index is 13.3. The van der Waals surface area contributed by atoms with Crippen LogP contribution in [-0.2, 0) is 0 Å². The minimum Gasteiger partial charge on any atom is -0.337 e. The summed E-state index contributed by atoms with van der Waals surface area (Å²) in [6.45, 7) is 1.68. The van der Waals surface area contributed by atoms with Gasteiger partial charge in [-0.25, -0.2) is 4.68 Å².